The number of methoxy groups -OCH3 is 1. The number of aryl methyl sites for hydroxylation is 2. The molecule has 1 aromatic heterocycles. The van der Waals surface area contributed by atoms with Crippen molar-refractivity contribution in [2.24, 2.45) is 28.6 Å². The van der Waals surface area contributed by atoms with E-state index in [2.05, 4.69) is 95.0 Å². The fourth-order valence-electron chi connectivity index (χ4n) is 8.79. The predicted octanol–water partition coefficient (Wildman–Crippen LogP) is 10.7. The molecule has 2 aromatic carbocycles. The van der Waals surface area contributed by atoms with Gasteiger partial charge in [-0.15, -0.1) is 17.7 Å². The lowest BCUT2D eigenvalue weighted by Crippen LogP contribution is -2.42. The van der Waals surface area contributed by atoms with Gasteiger partial charge in [-0.3, -0.25) is 9.59 Å². The molecule has 5 rings (SSSR count). The van der Waals surface area contributed by atoms with Crippen molar-refractivity contribution in [2.75, 3.05) is 12.9 Å². The van der Waals surface area contributed by atoms with E-state index in [1.807, 2.05) is 35.0 Å². The number of ketones is 1. The average molecular weight is 827 g/mol. The third kappa shape index (κ3) is 12.8. The molecule has 1 fully saturated rings. The zero-order valence-electron chi connectivity index (χ0n) is 35.5. The van der Waals surface area contributed by atoms with Crippen molar-refractivity contribution in [1.82, 2.24) is 0 Å². The van der Waals surface area contributed by atoms with Gasteiger partial charge in [-0.2, -0.15) is 11.3 Å². The minimum atomic E-state index is -1.16. The van der Waals surface area contributed by atoms with Crippen LogP contribution in [0.1, 0.15) is 110 Å². The summed E-state index contributed by atoms with van der Waals surface area (Å²) in [7, 11) is 1.85. The first-order valence-electron chi connectivity index (χ1n) is 20.9. The normalized spacial score (nSPS) is 19.2. The molecule has 8 heteroatoms. The second kappa shape index (κ2) is 23.3. The molecule has 1 N–H and O–H groups in total. The summed E-state index contributed by atoms with van der Waals surface area (Å²) in [6.45, 7) is 11.7. The molecule has 0 saturated heterocycles. The van der Waals surface area contributed by atoms with Gasteiger partial charge in [0.25, 0.3) is 0 Å². The number of unbranched alkanes of at least 4 members (excludes halogenated alkanes) is 1. The van der Waals surface area contributed by atoms with Crippen LogP contribution in [0.25, 0.3) is 0 Å². The molecular weight excluding hydrogens is 761 g/mol. The molecule has 0 amide bonds. The van der Waals surface area contributed by atoms with Gasteiger partial charge in [0.15, 0.2) is 5.78 Å². The third-order valence-corrected chi connectivity index (χ3v) is 14.6. The molecule has 0 bridgehead atoms. The van der Waals surface area contributed by atoms with Gasteiger partial charge in [0.2, 0.25) is 10.5 Å². The Morgan fingerprint density at radius 3 is 2.04 bits per heavy atom. The Kier molecular flexibility index (Phi) is 18.9. The van der Waals surface area contributed by atoms with Crippen molar-refractivity contribution < 1.29 is 23.9 Å². The lowest BCUT2D eigenvalue weighted by atomic mass is 9.56. The summed E-state index contributed by atoms with van der Waals surface area (Å²) < 4.78 is 11.4. The minimum Gasteiger partial charge on any atom is -0.556 e. The zero-order chi connectivity index (χ0) is 41.3. The SMILES string of the molecule is COC(=O)CCCC#CC(O)C1C(=O)C(SCCCc2ccccc2)=C(CCCc2ccccc2)C1C(O[SiH3])=C(C)C(C)(C1CCCC1)C(C)(C)C.c1ccsc1. The van der Waals surface area contributed by atoms with E-state index in [1.54, 1.807) is 23.1 Å². The van der Waals surface area contributed by atoms with Crippen molar-refractivity contribution in [3.8, 4) is 11.8 Å². The zero-order valence-corrected chi connectivity index (χ0v) is 39.1. The smallest absolute Gasteiger partial charge is 0.305 e. The fraction of sp³-hybridized carbons (Fsp3) is 0.510. The molecule has 2 aliphatic carbocycles. The molecule has 0 aliphatic heterocycles. The number of benzene rings is 2. The van der Waals surface area contributed by atoms with E-state index in [0.717, 1.165) is 54.1 Å². The van der Waals surface area contributed by atoms with Crippen LogP contribution in [0.2, 0.25) is 0 Å². The summed E-state index contributed by atoms with van der Waals surface area (Å²) in [5.74, 6) is 6.97. The Morgan fingerprint density at radius 1 is 0.912 bits per heavy atom. The average Bonchev–Trinajstić information content (AvgIpc) is 4.02. The van der Waals surface area contributed by atoms with Gasteiger partial charge in [0, 0.05) is 12.8 Å². The number of ether oxygens (including phenoxy) is 1. The molecule has 2 aliphatic rings. The second-order valence-electron chi connectivity index (χ2n) is 16.6. The minimum absolute atomic E-state index is 0.0110. The number of rotatable bonds is 17. The van der Waals surface area contributed by atoms with E-state index in [-0.39, 0.29) is 34.9 Å². The van der Waals surface area contributed by atoms with Crippen LogP contribution in [-0.4, -0.2) is 46.3 Å². The number of aliphatic hydroxyl groups is 1. The summed E-state index contributed by atoms with van der Waals surface area (Å²) in [5.41, 5.74) is 4.71. The molecule has 308 valence electrons. The van der Waals surface area contributed by atoms with Gasteiger partial charge in [0.1, 0.15) is 6.10 Å². The predicted molar refractivity (Wildman–Crippen MR) is 243 cm³/mol. The Hall–Kier alpha value is -3.35. The molecule has 0 radical (unpaired) electrons. The van der Waals surface area contributed by atoms with Gasteiger partial charge < -0.3 is 14.3 Å². The molecule has 4 atom stereocenters. The number of hydrogen-bond donors (Lipinski definition) is 1. The Balaban J connectivity index is 0.00000133. The topological polar surface area (TPSA) is 72.8 Å². The molecule has 5 nitrogen and oxygen atoms in total. The highest BCUT2D eigenvalue weighted by Crippen LogP contribution is 2.58. The summed E-state index contributed by atoms with van der Waals surface area (Å²) in [4.78, 5) is 27.3. The summed E-state index contributed by atoms with van der Waals surface area (Å²) in [6, 6.07) is 25.1. The monoisotopic (exact) mass is 826 g/mol. The maximum Gasteiger partial charge on any atom is 0.305 e. The second-order valence-corrected chi connectivity index (χ2v) is 18.9. The van der Waals surface area contributed by atoms with Crippen LogP contribution in [0.4, 0.5) is 0 Å². The standard InChI is InChI=1S/C45H62O5SSi.C4H4S/c1-32(45(5,44(2,3)4)35-26-16-17-27-35)42(50-52)39-36(28-18-24-33-20-10-7-11-21-33)43(51-31-19-25-34-22-12-8-13-23-34)41(48)40(39)37(46)29-14-9-15-30-38(47)49-6;1-2-4-5-3-1/h7-8,10-13,20-23,35,37,39-40,46H,9,15-19,24-28,30-31H2,1-6,52H3;1-4H. The summed E-state index contributed by atoms with van der Waals surface area (Å²) >= 11 is 3.37. The van der Waals surface area contributed by atoms with Crippen LogP contribution >= 0.6 is 23.1 Å². The van der Waals surface area contributed by atoms with Crippen molar-refractivity contribution in [3.63, 3.8) is 0 Å². The van der Waals surface area contributed by atoms with Gasteiger partial charge in [-0.1, -0.05) is 119 Å². The Bertz CT molecular complexity index is 1780. The number of thiophene rings is 1. The quantitative estimate of drug-likeness (QED) is 0.0480. The van der Waals surface area contributed by atoms with Crippen molar-refractivity contribution in [2.45, 2.75) is 118 Å². The summed E-state index contributed by atoms with van der Waals surface area (Å²) in [6.07, 6.45) is 9.41. The number of carbonyl (C=O) groups excluding carboxylic acids is 2. The molecular formula is C49H66O5S2Si. The van der Waals surface area contributed by atoms with Crippen LogP contribution in [0.3, 0.4) is 0 Å². The number of carbonyl (C=O) groups is 2. The van der Waals surface area contributed by atoms with Crippen molar-refractivity contribution in [1.29, 1.82) is 0 Å². The van der Waals surface area contributed by atoms with Gasteiger partial charge in [0.05, 0.1) is 29.6 Å². The molecule has 1 saturated carbocycles. The van der Waals surface area contributed by atoms with Gasteiger partial charge in [-0.05, 0) is 114 Å². The maximum absolute atomic E-state index is 14.8. The van der Waals surface area contributed by atoms with Crippen LogP contribution < -0.4 is 0 Å². The number of hydrogen-bond acceptors (Lipinski definition) is 7. The molecule has 3 aromatic rings. The molecule has 4 unspecified atom stereocenters. The highest BCUT2D eigenvalue weighted by molar-refractivity contribution is 8.04. The number of aliphatic hydroxyl groups excluding tert-OH is 1. The lowest BCUT2D eigenvalue weighted by molar-refractivity contribution is -0.140. The van der Waals surface area contributed by atoms with Crippen molar-refractivity contribution in [3.05, 3.63) is 116 Å². The number of thioether (sulfide) groups is 1. The van der Waals surface area contributed by atoms with Crippen LogP contribution in [0.15, 0.2) is 105 Å². The number of Topliss-reactive ketones (excluding diaryl/α,β-unsaturated/α-hetero) is 1. The summed E-state index contributed by atoms with van der Waals surface area (Å²) in [5, 5.41) is 16.0. The first-order chi connectivity index (χ1) is 27.4. The van der Waals surface area contributed by atoms with E-state index in [4.69, 9.17) is 9.16 Å². The van der Waals surface area contributed by atoms with Crippen molar-refractivity contribution >= 4 is 45.3 Å². The van der Waals surface area contributed by atoms with Crippen LogP contribution in [-0.2, 0) is 31.6 Å². The Morgan fingerprint density at radius 2 is 1.51 bits per heavy atom. The highest BCUT2D eigenvalue weighted by Gasteiger charge is 2.52. The molecule has 0 spiro atoms. The highest BCUT2D eigenvalue weighted by atomic mass is 32.2. The number of esters is 1. The first-order valence-corrected chi connectivity index (χ1v) is 23.6. The molecule has 57 heavy (non-hydrogen) atoms. The van der Waals surface area contributed by atoms with Crippen LogP contribution in [0.5, 0.6) is 0 Å². The van der Waals surface area contributed by atoms with E-state index >= 15 is 0 Å². The lowest BCUT2D eigenvalue weighted by Gasteiger charge is -2.49. The third-order valence-electron chi connectivity index (χ3n) is 12.3. The molecule has 1 heterocycles. The van der Waals surface area contributed by atoms with E-state index in [1.165, 1.54) is 49.5 Å². The van der Waals surface area contributed by atoms with Gasteiger partial charge >= 0.3 is 5.97 Å². The first kappa shape index (κ1) is 46.3. The van der Waals surface area contributed by atoms with Gasteiger partial charge in [-0.25, -0.2) is 0 Å². The Labute approximate surface area is 355 Å². The van der Waals surface area contributed by atoms with E-state index < -0.39 is 12.0 Å². The fourth-order valence-corrected chi connectivity index (χ4v) is 11.0. The number of allylic oxidation sites excluding steroid dienone is 3. The maximum atomic E-state index is 14.8. The van der Waals surface area contributed by atoms with E-state index in [9.17, 15) is 14.7 Å². The van der Waals surface area contributed by atoms with E-state index in [0.29, 0.717) is 29.2 Å². The van der Waals surface area contributed by atoms with Crippen LogP contribution in [0, 0.1) is 40.4 Å². The largest absolute Gasteiger partial charge is 0.556 e.